The van der Waals surface area contributed by atoms with Gasteiger partial charge in [0.15, 0.2) is 0 Å². The molecular formula is C17H18N6O. The average Bonchev–Trinajstić information content (AvgIpc) is 2.98. The maximum absolute atomic E-state index is 12.9. The number of nitrogens with zero attached hydrogens (tertiary/aromatic N) is 5. The monoisotopic (exact) mass is 322 g/mol. The Morgan fingerprint density at radius 1 is 1.04 bits per heavy atom. The van der Waals surface area contributed by atoms with Gasteiger partial charge < -0.3 is 9.80 Å². The SMILES string of the molecule is O=C(c1cccc2cn[nH]c12)N1CCCN(c2ncccn2)CC1. The molecule has 1 N–H and O–H groups in total. The highest BCUT2D eigenvalue weighted by Crippen LogP contribution is 2.19. The Kier molecular flexibility index (Phi) is 3.82. The molecule has 2 aromatic heterocycles. The van der Waals surface area contributed by atoms with Gasteiger partial charge in [-0.3, -0.25) is 9.89 Å². The summed E-state index contributed by atoms with van der Waals surface area (Å²) in [6.07, 6.45) is 6.12. The van der Waals surface area contributed by atoms with Crippen LogP contribution in [0, 0.1) is 0 Å². The molecule has 1 fully saturated rings. The minimum Gasteiger partial charge on any atom is -0.339 e. The Morgan fingerprint density at radius 2 is 1.92 bits per heavy atom. The average molecular weight is 322 g/mol. The number of rotatable bonds is 2. The van der Waals surface area contributed by atoms with E-state index in [0.29, 0.717) is 12.1 Å². The molecule has 0 radical (unpaired) electrons. The summed E-state index contributed by atoms with van der Waals surface area (Å²) in [4.78, 5) is 25.6. The Morgan fingerprint density at radius 3 is 2.79 bits per heavy atom. The molecule has 1 amide bonds. The lowest BCUT2D eigenvalue weighted by atomic mass is 10.1. The summed E-state index contributed by atoms with van der Waals surface area (Å²) in [5, 5.41) is 7.92. The minimum atomic E-state index is 0.0423. The summed E-state index contributed by atoms with van der Waals surface area (Å²) in [6, 6.07) is 7.51. The summed E-state index contributed by atoms with van der Waals surface area (Å²) < 4.78 is 0. The second kappa shape index (κ2) is 6.27. The number of H-pyrrole nitrogens is 1. The zero-order valence-electron chi connectivity index (χ0n) is 13.2. The van der Waals surface area contributed by atoms with Crippen molar-refractivity contribution >= 4 is 22.8 Å². The Balaban J connectivity index is 1.53. The van der Waals surface area contributed by atoms with Gasteiger partial charge >= 0.3 is 0 Å². The van der Waals surface area contributed by atoms with Crippen LogP contribution in [0.2, 0.25) is 0 Å². The van der Waals surface area contributed by atoms with Crippen LogP contribution in [0.15, 0.2) is 42.9 Å². The fourth-order valence-electron chi connectivity index (χ4n) is 3.09. The molecule has 122 valence electrons. The van der Waals surface area contributed by atoms with Crippen molar-refractivity contribution in [1.29, 1.82) is 0 Å². The van der Waals surface area contributed by atoms with E-state index in [-0.39, 0.29) is 5.91 Å². The molecule has 24 heavy (non-hydrogen) atoms. The van der Waals surface area contributed by atoms with Crippen LogP contribution in [0.4, 0.5) is 5.95 Å². The number of amides is 1. The number of carbonyl (C=O) groups is 1. The summed E-state index contributed by atoms with van der Waals surface area (Å²) in [5.74, 6) is 0.767. The lowest BCUT2D eigenvalue weighted by molar-refractivity contribution is 0.0768. The van der Waals surface area contributed by atoms with E-state index in [2.05, 4.69) is 25.1 Å². The third-order valence-electron chi connectivity index (χ3n) is 4.33. The van der Waals surface area contributed by atoms with Crippen molar-refractivity contribution in [2.45, 2.75) is 6.42 Å². The van der Waals surface area contributed by atoms with Crippen LogP contribution in [-0.4, -0.2) is 57.2 Å². The van der Waals surface area contributed by atoms with Gasteiger partial charge in [0.05, 0.1) is 17.3 Å². The molecule has 0 atom stereocenters. The number of hydrogen-bond acceptors (Lipinski definition) is 5. The van der Waals surface area contributed by atoms with Crippen LogP contribution in [0.3, 0.4) is 0 Å². The first-order valence-corrected chi connectivity index (χ1v) is 8.06. The number of hydrogen-bond donors (Lipinski definition) is 1. The molecular weight excluding hydrogens is 304 g/mol. The number of fused-ring (bicyclic) bond motifs is 1. The summed E-state index contributed by atoms with van der Waals surface area (Å²) in [5.41, 5.74) is 1.48. The van der Waals surface area contributed by atoms with Crippen LogP contribution in [0.5, 0.6) is 0 Å². The molecule has 4 rings (SSSR count). The molecule has 7 heteroatoms. The first-order valence-electron chi connectivity index (χ1n) is 8.06. The standard InChI is InChI=1S/C17H18N6O/c24-16(14-5-1-4-13-12-20-21-15(13)14)22-8-3-9-23(11-10-22)17-18-6-2-7-19-17/h1-2,4-7,12H,3,8-11H2,(H,20,21). The van der Waals surface area contributed by atoms with E-state index >= 15 is 0 Å². The largest absolute Gasteiger partial charge is 0.339 e. The van der Waals surface area contributed by atoms with E-state index in [1.54, 1.807) is 18.6 Å². The zero-order valence-corrected chi connectivity index (χ0v) is 13.2. The van der Waals surface area contributed by atoms with Crippen LogP contribution < -0.4 is 4.90 Å². The summed E-state index contributed by atoms with van der Waals surface area (Å²) in [6.45, 7) is 2.96. The van der Waals surface area contributed by atoms with Crippen LogP contribution in [0.25, 0.3) is 10.9 Å². The number of carbonyl (C=O) groups excluding carboxylic acids is 1. The Labute approximate surface area is 139 Å². The summed E-state index contributed by atoms with van der Waals surface area (Å²) >= 11 is 0. The second-order valence-corrected chi connectivity index (χ2v) is 5.82. The number of benzene rings is 1. The molecule has 7 nitrogen and oxygen atoms in total. The van der Waals surface area contributed by atoms with Crippen molar-refractivity contribution in [3.8, 4) is 0 Å². The zero-order chi connectivity index (χ0) is 16.4. The molecule has 0 saturated carbocycles. The molecule has 1 aromatic carbocycles. The van der Waals surface area contributed by atoms with E-state index in [4.69, 9.17) is 0 Å². The molecule has 3 aromatic rings. The van der Waals surface area contributed by atoms with Crippen molar-refractivity contribution in [3.63, 3.8) is 0 Å². The predicted molar refractivity (Wildman–Crippen MR) is 90.9 cm³/mol. The lowest BCUT2D eigenvalue weighted by Crippen LogP contribution is -2.35. The van der Waals surface area contributed by atoms with E-state index < -0.39 is 0 Å². The number of para-hydroxylation sites is 1. The van der Waals surface area contributed by atoms with Gasteiger partial charge in [0, 0.05) is 44.0 Å². The van der Waals surface area contributed by atoms with Crippen LogP contribution in [0.1, 0.15) is 16.8 Å². The predicted octanol–water partition coefficient (Wildman–Crippen LogP) is 1.71. The van der Waals surface area contributed by atoms with Crippen molar-refractivity contribution in [2.24, 2.45) is 0 Å². The van der Waals surface area contributed by atoms with Gasteiger partial charge in [0.25, 0.3) is 5.91 Å². The number of aromatic nitrogens is 4. The molecule has 1 saturated heterocycles. The lowest BCUT2D eigenvalue weighted by Gasteiger charge is -2.22. The quantitative estimate of drug-likeness (QED) is 0.777. The van der Waals surface area contributed by atoms with Gasteiger partial charge in [-0.1, -0.05) is 12.1 Å². The highest BCUT2D eigenvalue weighted by atomic mass is 16.2. The van der Waals surface area contributed by atoms with E-state index in [0.717, 1.165) is 42.9 Å². The highest BCUT2D eigenvalue weighted by molar-refractivity contribution is 6.05. The van der Waals surface area contributed by atoms with Crippen molar-refractivity contribution < 1.29 is 4.79 Å². The van der Waals surface area contributed by atoms with Gasteiger partial charge in [-0.25, -0.2) is 9.97 Å². The first kappa shape index (κ1) is 14.6. The molecule has 1 aliphatic heterocycles. The van der Waals surface area contributed by atoms with Crippen molar-refractivity contribution in [3.05, 3.63) is 48.4 Å². The van der Waals surface area contributed by atoms with E-state index in [9.17, 15) is 4.79 Å². The third kappa shape index (κ3) is 2.68. The fraction of sp³-hybridized carbons (Fsp3) is 0.294. The topological polar surface area (TPSA) is 78.0 Å². The van der Waals surface area contributed by atoms with Gasteiger partial charge in [-0.05, 0) is 18.6 Å². The maximum Gasteiger partial charge on any atom is 0.256 e. The summed E-state index contributed by atoms with van der Waals surface area (Å²) in [7, 11) is 0. The van der Waals surface area contributed by atoms with Gasteiger partial charge in [0.1, 0.15) is 0 Å². The second-order valence-electron chi connectivity index (χ2n) is 5.82. The molecule has 0 spiro atoms. The van der Waals surface area contributed by atoms with Gasteiger partial charge in [0.2, 0.25) is 5.95 Å². The van der Waals surface area contributed by atoms with Crippen LogP contribution >= 0.6 is 0 Å². The molecule has 0 aliphatic carbocycles. The van der Waals surface area contributed by atoms with Gasteiger partial charge in [-0.2, -0.15) is 5.10 Å². The Hall–Kier alpha value is -2.96. The van der Waals surface area contributed by atoms with Gasteiger partial charge in [-0.15, -0.1) is 0 Å². The molecule has 3 heterocycles. The normalized spacial score (nSPS) is 15.5. The number of nitrogens with one attached hydrogen (secondary N) is 1. The minimum absolute atomic E-state index is 0.0423. The number of aromatic amines is 1. The molecule has 1 aliphatic rings. The maximum atomic E-state index is 12.9. The number of anilines is 1. The van der Waals surface area contributed by atoms with Crippen molar-refractivity contribution in [2.75, 3.05) is 31.1 Å². The third-order valence-corrected chi connectivity index (χ3v) is 4.33. The fourth-order valence-corrected chi connectivity index (χ4v) is 3.09. The Bertz CT molecular complexity index is 846. The van der Waals surface area contributed by atoms with E-state index in [1.807, 2.05) is 29.2 Å². The van der Waals surface area contributed by atoms with Crippen LogP contribution in [-0.2, 0) is 0 Å². The molecule has 0 unspecified atom stereocenters. The first-order chi connectivity index (χ1) is 11.8. The van der Waals surface area contributed by atoms with Crippen molar-refractivity contribution in [1.82, 2.24) is 25.1 Å². The van der Waals surface area contributed by atoms with E-state index in [1.165, 1.54) is 0 Å². The smallest absolute Gasteiger partial charge is 0.256 e. The highest BCUT2D eigenvalue weighted by Gasteiger charge is 2.23. The molecule has 0 bridgehead atoms.